The maximum atomic E-state index is 12.9. The van der Waals surface area contributed by atoms with Gasteiger partial charge in [-0.3, -0.25) is 15.6 Å². The monoisotopic (exact) mass is 470 g/mol. The third kappa shape index (κ3) is 6.20. The maximum Gasteiger partial charge on any atom is 0.253 e. The maximum absolute atomic E-state index is 12.9. The molecule has 1 aliphatic heterocycles. The number of nitrogens with one attached hydrogen (secondary N) is 3. The van der Waals surface area contributed by atoms with Gasteiger partial charge >= 0.3 is 0 Å². The zero-order chi connectivity index (χ0) is 23.3. The van der Waals surface area contributed by atoms with E-state index in [9.17, 15) is 13.2 Å². The Labute approximate surface area is 197 Å². The lowest BCUT2D eigenvalue weighted by atomic mass is 10.00. The number of carbonyl (C=O) groups is 1. The number of rotatable bonds is 9. The van der Waals surface area contributed by atoms with Gasteiger partial charge in [-0.1, -0.05) is 49.2 Å². The lowest BCUT2D eigenvalue weighted by Crippen LogP contribution is -2.33. The molecule has 2 aromatic rings. The Morgan fingerprint density at radius 2 is 1.82 bits per heavy atom. The van der Waals surface area contributed by atoms with Crippen LogP contribution in [0.2, 0.25) is 0 Å². The molecule has 0 spiro atoms. The predicted molar refractivity (Wildman–Crippen MR) is 129 cm³/mol. The van der Waals surface area contributed by atoms with E-state index in [2.05, 4.69) is 39.8 Å². The zero-order valence-electron chi connectivity index (χ0n) is 19.2. The average Bonchev–Trinajstić information content (AvgIpc) is 3.51. The molecule has 8 heteroatoms. The van der Waals surface area contributed by atoms with Crippen LogP contribution in [-0.2, 0) is 10.0 Å². The first-order chi connectivity index (χ1) is 15.9. The molecule has 0 radical (unpaired) electrons. The summed E-state index contributed by atoms with van der Waals surface area (Å²) in [6.07, 6.45) is 6.68. The smallest absolute Gasteiger partial charge is 0.253 e. The first-order valence-electron chi connectivity index (χ1n) is 11.9. The van der Waals surface area contributed by atoms with Crippen LogP contribution in [0.5, 0.6) is 0 Å². The Morgan fingerprint density at radius 3 is 2.58 bits per heavy atom. The fourth-order valence-electron chi connectivity index (χ4n) is 4.74. The van der Waals surface area contributed by atoms with Gasteiger partial charge in [-0.15, -0.1) is 0 Å². The molecule has 7 nitrogen and oxygen atoms in total. The van der Waals surface area contributed by atoms with Gasteiger partial charge in [-0.25, -0.2) is 13.1 Å². The molecule has 3 N–H and O–H groups in total. The molecule has 1 aliphatic carbocycles. The van der Waals surface area contributed by atoms with Gasteiger partial charge in [0.25, 0.3) is 5.91 Å². The second kappa shape index (κ2) is 10.8. The predicted octanol–water partition coefficient (Wildman–Crippen LogP) is 3.37. The molecule has 178 valence electrons. The van der Waals surface area contributed by atoms with Crippen molar-refractivity contribution in [2.75, 3.05) is 13.6 Å². The minimum Gasteiger partial charge on any atom is -0.342 e. The lowest BCUT2D eigenvalue weighted by Gasteiger charge is -2.19. The summed E-state index contributed by atoms with van der Waals surface area (Å²) >= 11 is 0. The number of hydrazine groups is 1. The van der Waals surface area contributed by atoms with Crippen LogP contribution in [0.1, 0.15) is 66.9 Å². The number of hydrogen-bond donors (Lipinski definition) is 3. The van der Waals surface area contributed by atoms with Crippen molar-refractivity contribution in [2.24, 2.45) is 0 Å². The summed E-state index contributed by atoms with van der Waals surface area (Å²) in [5, 5.41) is 0. The lowest BCUT2D eigenvalue weighted by molar-refractivity contribution is 0.0791. The molecule has 1 amide bonds. The molecule has 1 heterocycles. The SMILES string of the molecule is CN(CCCC1CC(c2ccccc2)NN1)C(=O)c1cccc(S(=O)(=O)NC2CCCC2)c1. The van der Waals surface area contributed by atoms with Crippen molar-refractivity contribution in [1.82, 2.24) is 20.5 Å². The number of benzene rings is 2. The minimum atomic E-state index is -3.62. The Morgan fingerprint density at radius 1 is 1.06 bits per heavy atom. The van der Waals surface area contributed by atoms with Crippen LogP contribution in [-0.4, -0.2) is 44.9 Å². The van der Waals surface area contributed by atoms with E-state index in [1.165, 1.54) is 11.6 Å². The van der Waals surface area contributed by atoms with Crippen LogP contribution < -0.4 is 15.6 Å². The number of hydrogen-bond acceptors (Lipinski definition) is 5. The highest BCUT2D eigenvalue weighted by atomic mass is 32.2. The average molecular weight is 471 g/mol. The molecular formula is C25H34N4O3S. The summed E-state index contributed by atoms with van der Waals surface area (Å²) in [6, 6.07) is 17.4. The number of sulfonamides is 1. The van der Waals surface area contributed by atoms with Gasteiger partial charge in [0.05, 0.1) is 4.90 Å². The van der Waals surface area contributed by atoms with E-state index in [4.69, 9.17) is 0 Å². The second-order valence-corrected chi connectivity index (χ2v) is 10.9. The van der Waals surface area contributed by atoms with Crippen LogP contribution >= 0.6 is 0 Å². The van der Waals surface area contributed by atoms with Crippen LogP contribution in [0.3, 0.4) is 0 Å². The van der Waals surface area contributed by atoms with E-state index in [0.717, 1.165) is 44.9 Å². The topological polar surface area (TPSA) is 90.5 Å². The van der Waals surface area contributed by atoms with Crippen molar-refractivity contribution in [3.63, 3.8) is 0 Å². The summed E-state index contributed by atoms with van der Waals surface area (Å²) in [6.45, 7) is 0.615. The first-order valence-corrected chi connectivity index (χ1v) is 13.3. The van der Waals surface area contributed by atoms with Gasteiger partial charge in [0.2, 0.25) is 10.0 Å². The largest absolute Gasteiger partial charge is 0.342 e. The van der Waals surface area contributed by atoms with Crippen LogP contribution in [0.25, 0.3) is 0 Å². The molecule has 33 heavy (non-hydrogen) atoms. The summed E-state index contributed by atoms with van der Waals surface area (Å²) in [4.78, 5) is 14.7. The van der Waals surface area contributed by atoms with Gasteiger partial charge in [-0.05, 0) is 55.9 Å². The third-order valence-corrected chi connectivity index (χ3v) is 8.16. The van der Waals surface area contributed by atoms with E-state index >= 15 is 0 Å². The molecule has 1 saturated carbocycles. The molecule has 0 aromatic heterocycles. The number of carbonyl (C=O) groups excluding carboxylic acids is 1. The van der Waals surface area contributed by atoms with E-state index in [1.807, 2.05) is 6.07 Å². The van der Waals surface area contributed by atoms with Crippen molar-refractivity contribution in [3.05, 3.63) is 65.7 Å². The Hall–Kier alpha value is -2.26. The fraction of sp³-hybridized carbons (Fsp3) is 0.480. The molecular weight excluding hydrogens is 436 g/mol. The van der Waals surface area contributed by atoms with Crippen LogP contribution in [0, 0.1) is 0 Å². The molecule has 2 fully saturated rings. The molecule has 2 aliphatic rings. The van der Waals surface area contributed by atoms with E-state index < -0.39 is 10.0 Å². The van der Waals surface area contributed by atoms with Crippen molar-refractivity contribution in [3.8, 4) is 0 Å². The third-order valence-electron chi connectivity index (χ3n) is 6.64. The normalized spacial score (nSPS) is 21.4. The van der Waals surface area contributed by atoms with Crippen molar-refractivity contribution in [1.29, 1.82) is 0 Å². The van der Waals surface area contributed by atoms with Crippen molar-refractivity contribution < 1.29 is 13.2 Å². The fourth-order valence-corrected chi connectivity index (χ4v) is 6.09. The minimum absolute atomic E-state index is 0.00259. The molecule has 2 aromatic carbocycles. The Bertz CT molecular complexity index is 1040. The van der Waals surface area contributed by atoms with Crippen LogP contribution in [0.15, 0.2) is 59.5 Å². The summed E-state index contributed by atoms with van der Waals surface area (Å²) in [5.74, 6) is -0.160. The highest BCUT2D eigenvalue weighted by molar-refractivity contribution is 7.89. The molecule has 4 rings (SSSR count). The van der Waals surface area contributed by atoms with Gasteiger partial charge in [0.1, 0.15) is 0 Å². The van der Waals surface area contributed by atoms with E-state index in [-0.39, 0.29) is 16.8 Å². The number of nitrogens with zero attached hydrogens (tertiary/aromatic N) is 1. The standard InChI is InChI=1S/C25H34N4O3S/c1-29(16-8-14-22-18-24(27-26-22)19-9-3-2-4-10-19)25(30)20-11-7-15-23(17-20)33(31,32)28-21-12-5-6-13-21/h2-4,7,9-11,15,17,21-22,24,26-28H,5-6,8,12-14,16,18H2,1H3. The summed E-state index contributed by atoms with van der Waals surface area (Å²) < 4.78 is 28.2. The Kier molecular flexibility index (Phi) is 7.80. The van der Waals surface area contributed by atoms with Gasteiger partial charge in [0.15, 0.2) is 0 Å². The van der Waals surface area contributed by atoms with Gasteiger partial charge in [0, 0.05) is 37.3 Å². The molecule has 0 bridgehead atoms. The van der Waals surface area contributed by atoms with E-state index in [0.29, 0.717) is 24.2 Å². The Balaban J connectivity index is 1.27. The highest BCUT2D eigenvalue weighted by Gasteiger charge is 2.26. The van der Waals surface area contributed by atoms with Gasteiger partial charge < -0.3 is 4.90 Å². The van der Waals surface area contributed by atoms with Crippen LogP contribution in [0.4, 0.5) is 0 Å². The molecule has 2 unspecified atom stereocenters. The molecule has 1 saturated heterocycles. The summed E-state index contributed by atoms with van der Waals surface area (Å²) in [7, 11) is -1.85. The zero-order valence-corrected chi connectivity index (χ0v) is 20.0. The van der Waals surface area contributed by atoms with Gasteiger partial charge in [-0.2, -0.15) is 0 Å². The van der Waals surface area contributed by atoms with Crippen molar-refractivity contribution in [2.45, 2.75) is 68.0 Å². The second-order valence-electron chi connectivity index (χ2n) is 9.18. The quantitative estimate of drug-likeness (QED) is 0.523. The molecule has 2 atom stereocenters. The highest BCUT2D eigenvalue weighted by Crippen LogP contribution is 2.24. The number of amides is 1. The van der Waals surface area contributed by atoms with Crippen molar-refractivity contribution >= 4 is 15.9 Å². The first kappa shape index (κ1) is 23.9. The summed E-state index contributed by atoms with van der Waals surface area (Å²) in [5.41, 5.74) is 8.40. The van der Waals surface area contributed by atoms with E-state index in [1.54, 1.807) is 30.1 Å².